The van der Waals surface area contributed by atoms with Crippen molar-refractivity contribution in [1.29, 1.82) is 0 Å². The summed E-state index contributed by atoms with van der Waals surface area (Å²) in [6, 6.07) is 18.8. The van der Waals surface area contributed by atoms with Crippen LogP contribution in [-0.2, 0) is 9.59 Å². The zero-order valence-electron chi connectivity index (χ0n) is 21.6. The first-order valence-electron chi connectivity index (χ1n) is 12.2. The molecule has 1 atom stereocenters. The van der Waals surface area contributed by atoms with Crippen LogP contribution in [0, 0.1) is 0 Å². The number of aliphatic hydroxyl groups is 1. The predicted octanol–water partition coefficient (Wildman–Crippen LogP) is 5.85. The average Bonchev–Trinajstić information content (AvgIpc) is 3.18. The van der Waals surface area contributed by atoms with Crippen LogP contribution in [0.2, 0.25) is 0 Å². The molecule has 1 aliphatic heterocycles. The highest BCUT2D eigenvalue weighted by atomic mass is 16.5. The predicted molar refractivity (Wildman–Crippen MR) is 142 cm³/mol. The van der Waals surface area contributed by atoms with Gasteiger partial charge in [0.15, 0.2) is 0 Å². The number of methoxy groups -OCH3 is 2. The van der Waals surface area contributed by atoms with E-state index >= 15 is 0 Å². The van der Waals surface area contributed by atoms with Crippen molar-refractivity contribution >= 4 is 23.1 Å². The van der Waals surface area contributed by atoms with Gasteiger partial charge >= 0.3 is 0 Å². The number of nitrogens with zero attached hydrogens (tertiary/aromatic N) is 1. The number of hydrogen-bond acceptors (Lipinski definition) is 6. The third-order valence-corrected chi connectivity index (χ3v) is 6.45. The van der Waals surface area contributed by atoms with Crippen molar-refractivity contribution in [1.82, 2.24) is 0 Å². The van der Waals surface area contributed by atoms with Gasteiger partial charge in [0.25, 0.3) is 11.7 Å². The van der Waals surface area contributed by atoms with Crippen molar-refractivity contribution < 1.29 is 28.9 Å². The SMILES string of the molecule is CCOc1ccc(N2C(=O)C(=O)/C(=C(/O)c3cc(OC)ccc3OC)C2c2ccc(C(C)C)cc2)cc1. The van der Waals surface area contributed by atoms with Crippen LogP contribution in [0.4, 0.5) is 5.69 Å². The highest BCUT2D eigenvalue weighted by molar-refractivity contribution is 6.51. The molecular formula is C30H31NO6. The number of carbonyl (C=O) groups is 2. The number of rotatable bonds is 8. The molecule has 0 spiro atoms. The first kappa shape index (κ1) is 25.8. The van der Waals surface area contributed by atoms with E-state index in [-0.39, 0.29) is 16.9 Å². The Hall–Kier alpha value is -4.26. The molecule has 1 fully saturated rings. The van der Waals surface area contributed by atoms with Crippen molar-refractivity contribution in [3.05, 3.63) is 89.0 Å². The first-order chi connectivity index (χ1) is 17.8. The van der Waals surface area contributed by atoms with Crippen molar-refractivity contribution in [3.8, 4) is 17.2 Å². The monoisotopic (exact) mass is 501 g/mol. The van der Waals surface area contributed by atoms with E-state index in [1.807, 2.05) is 31.2 Å². The van der Waals surface area contributed by atoms with E-state index in [9.17, 15) is 14.7 Å². The summed E-state index contributed by atoms with van der Waals surface area (Å²) in [5, 5.41) is 11.5. The second kappa shape index (κ2) is 10.8. The van der Waals surface area contributed by atoms with Gasteiger partial charge in [-0.1, -0.05) is 38.1 Å². The lowest BCUT2D eigenvalue weighted by Crippen LogP contribution is -2.29. The fraction of sp³-hybridized carbons (Fsp3) is 0.267. The van der Waals surface area contributed by atoms with Gasteiger partial charge in [-0.25, -0.2) is 0 Å². The zero-order valence-corrected chi connectivity index (χ0v) is 21.6. The number of amides is 1. The highest BCUT2D eigenvalue weighted by Gasteiger charge is 2.47. The maximum atomic E-state index is 13.5. The second-order valence-electron chi connectivity index (χ2n) is 8.98. The van der Waals surface area contributed by atoms with Gasteiger partial charge in [-0.2, -0.15) is 0 Å². The Labute approximate surface area is 216 Å². The van der Waals surface area contributed by atoms with E-state index in [1.54, 1.807) is 42.5 Å². The van der Waals surface area contributed by atoms with E-state index in [0.717, 1.165) is 5.56 Å². The lowest BCUT2D eigenvalue weighted by atomic mass is 9.93. The van der Waals surface area contributed by atoms with E-state index in [2.05, 4.69) is 13.8 Å². The smallest absolute Gasteiger partial charge is 0.300 e. The minimum Gasteiger partial charge on any atom is -0.507 e. The molecule has 7 nitrogen and oxygen atoms in total. The number of aliphatic hydroxyl groups excluding tert-OH is 1. The Balaban J connectivity index is 1.93. The standard InChI is InChI=1S/C30H31NO6/c1-6-37-22-13-11-21(12-14-22)31-27(20-9-7-19(8-10-20)18(2)3)26(29(33)30(31)34)28(32)24-17-23(35-4)15-16-25(24)36-5/h7-18,27,32H,6H2,1-5H3/b28-26+. The van der Waals surface area contributed by atoms with Crippen LogP contribution in [0.15, 0.2) is 72.3 Å². The summed E-state index contributed by atoms with van der Waals surface area (Å²) in [4.78, 5) is 28.3. The third-order valence-electron chi connectivity index (χ3n) is 6.45. The lowest BCUT2D eigenvalue weighted by Gasteiger charge is -2.26. The van der Waals surface area contributed by atoms with E-state index in [0.29, 0.717) is 41.0 Å². The quantitative estimate of drug-likeness (QED) is 0.237. The van der Waals surface area contributed by atoms with Gasteiger partial charge in [-0.15, -0.1) is 0 Å². The van der Waals surface area contributed by atoms with Gasteiger partial charge in [-0.3, -0.25) is 14.5 Å². The molecule has 0 radical (unpaired) electrons. The summed E-state index contributed by atoms with van der Waals surface area (Å²) >= 11 is 0. The van der Waals surface area contributed by atoms with Crippen molar-refractivity contribution in [2.45, 2.75) is 32.7 Å². The number of carbonyl (C=O) groups excluding carboxylic acids is 2. The summed E-state index contributed by atoms with van der Waals surface area (Å²) < 4.78 is 16.3. The topological polar surface area (TPSA) is 85.3 Å². The number of anilines is 1. The summed E-state index contributed by atoms with van der Waals surface area (Å²) in [6.07, 6.45) is 0. The number of ketones is 1. The molecule has 1 unspecified atom stereocenters. The molecule has 192 valence electrons. The zero-order chi connectivity index (χ0) is 26.7. The van der Waals surface area contributed by atoms with Gasteiger partial charge in [0.2, 0.25) is 0 Å². The van der Waals surface area contributed by atoms with Crippen LogP contribution in [0.5, 0.6) is 17.2 Å². The number of hydrogen-bond donors (Lipinski definition) is 1. The summed E-state index contributed by atoms with van der Waals surface area (Å²) in [5.41, 5.74) is 2.57. The van der Waals surface area contributed by atoms with E-state index in [4.69, 9.17) is 14.2 Å². The molecule has 0 aliphatic carbocycles. The summed E-state index contributed by atoms with van der Waals surface area (Å²) in [7, 11) is 2.98. The number of ether oxygens (including phenoxy) is 3. The molecule has 4 rings (SSSR count). The van der Waals surface area contributed by atoms with E-state index < -0.39 is 17.7 Å². The Kier molecular flexibility index (Phi) is 7.53. The number of benzene rings is 3. The molecule has 3 aromatic carbocycles. The molecule has 1 saturated heterocycles. The molecule has 0 aromatic heterocycles. The molecule has 37 heavy (non-hydrogen) atoms. The molecule has 3 aromatic rings. The maximum absolute atomic E-state index is 13.5. The summed E-state index contributed by atoms with van der Waals surface area (Å²) in [5.74, 6) is -0.0603. The minimum absolute atomic E-state index is 0.0252. The van der Waals surface area contributed by atoms with Gasteiger partial charge < -0.3 is 19.3 Å². The molecular weight excluding hydrogens is 470 g/mol. The lowest BCUT2D eigenvalue weighted by molar-refractivity contribution is -0.132. The maximum Gasteiger partial charge on any atom is 0.300 e. The highest BCUT2D eigenvalue weighted by Crippen LogP contribution is 2.44. The van der Waals surface area contributed by atoms with E-state index in [1.165, 1.54) is 19.1 Å². The Morgan fingerprint density at radius 3 is 2.14 bits per heavy atom. The van der Waals surface area contributed by atoms with Crippen LogP contribution < -0.4 is 19.1 Å². The minimum atomic E-state index is -0.852. The fourth-order valence-electron chi connectivity index (χ4n) is 4.49. The van der Waals surface area contributed by atoms with Crippen molar-refractivity contribution in [2.24, 2.45) is 0 Å². The van der Waals surface area contributed by atoms with Gasteiger partial charge in [0.1, 0.15) is 23.0 Å². The second-order valence-corrected chi connectivity index (χ2v) is 8.98. The van der Waals surface area contributed by atoms with Gasteiger partial charge in [0.05, 0.1) is 38.0 Å². The largest absolute Gasteiger partial charge is 0.507 e. The van der Waals surface area contributed by atoms with Crippen LogP contribution in [0.1, 0.15) is 49.4 Å². The molecule has 0 bridgehead atoms. The average molecular weight is 502 g/mol. The van der Waals surface area contributed by atoms with Gasteiger partial charge in [-0.05, 0) is 66.4 Å². The molecule has 7 heteroatoms. The van der Waals surface area contributed by atoms with Crippen molar-refractivity contribution in [2.75, 3.05) is 25.7 Å². The normalized spacial score (nSPS) is 16.8. The Bertz CT molecular complexity index is 1330. The molecule has 1 amide bonds. The number of Topliss-reactive ketones (excluding diaryl/α,β-unsaturated/α-hetero) is 1. The van der Waals surface area contributed by atoms with Crippen LogP contribution >= 0.6 is 0 Å². The molecule has 0 saturated carbocycles. The molecule has 1 aliphatic rings. The fourth-order valence-corrected chi connectivity index (χ4v) is 4.49. The third kappa shape index (κ3) is 4.89. The van der Waals surface area contributed by atoms with Gasteiger partial charge in [0, 0.05) is 5.69 Å². The van der Waals surface area contributed by atoms with Crippen LogP contribution in [0.25, 0.3) is 5.76 Å². The summed E-state index contributed by atoms with van der Waals surface area (Å²) in [6.45, 7) is 6.58. The Morgan fingerprint density at radius 1 is 0.919 bits per heavy atom. The van der Waals surface area contributed by atoms with Crippen LogP contribution in [0.3, 0.4) is 0 Å². The van der Waals surface area contributed by atoms with Crippen LogP contribution in [-0.4, -0.2) is 37.6 Å². The first-order valence-corrected chi connectivity index (χ1v) is 12.2. The Morgan fingerprint density at radius 2 is 1.57 bits per heavy atom. The molecule has 1 heterocycles. The van der Waals surface area contributed by atoms with Crippen molar-refractivity contribution in [3.63, 3.8) is 0 Å². The molecule has 1 N–H and O–H groups in total.